The molecule has 1 amide bonds. The van der Waals surface area contributed by atoms with E-state index in [1.54, 1.807) is 18.3 Å². The zero-order valence-corrected chi connectivity index (χ0v) is 14.7. The summed E-state index contributed by atoms with van der Waals surface area (Å²) in [6.07, 6.45) is 2.97. The van der Waals surface area contributed by atoms with Crippen LogP contribution in [-0.2, 0) is 17.9 Å². The third kappa shape index (κ3) is 4.50. The molecule has 2 heterocycles. The zero-order chi connectivity index (χ0) is 19.4. The van der Waals surface area contributed by atoms with E-state index in [0.717, 1.165) is 0 Å². The SMILES string of the molecule is O=C(CCn1nccc1C(=O)O)Nc1ccn(Cc2c(F)cccc2Cl)n1. The maximum absolute atomic E-state index is 13.8. The molecule has 140 valence electrons. The van der Waals surface area contributed by atoms with Crippen molar-refractivity contribution in [3.05, 3.63) is 64.8 Å². The van der Waals surface area contributed by atoms with Gasteiger partial charge in [0.15, 0.2) is 5.82 Å². The molecule has 2 N–H and O–H groups in total. The van der Waals surface area contributed by atoms with Crippen molar-refractivity contribution in [1.29, 1.82) is 0 Å². The second kappa shape index (κ2) is 8.00. The Balaban J connectivity index is 1.58. The van der Waals surface area contributed by atoms with Crippen LogP contribution in [0.3, 0.4) is 0 Å². The molecule has 2 aromatic heterocycles. The molecular formula is C17H15ClFN5O3. The number of anilines is 1. The van der Waals surface area contributed by atoms with Crippen LogP contribution < -0.4 is 5.32 Å². The molecule has 1 aromatic carbocycles. The molecule has 0 saturated carbocycles. The van der Waals surface area contributed by atoms with Crippen molar-refractivity contribution in [3.8, 4) is 0 Å². The van der Waals surface area contributed by atoms with Gasteiger partial charge in [0, 0.05) is 35.5 Å². The van der Waals surface area contributed by atoms with Gasteiger partial charge >= 0.3 is 5.97 Å². The minimum atomic E-state index is -1.11. The molecule has 0 aliphatic heterocycles. The molecule has 0 bridgehead atoms. The second-order valence-electron chi connectivity index (χ2n) is 5.64. The van der Waals surface area contributed by atoms with E-state index >= 15 is 0 Å². The van der Waals surface area contributed by atoms with Gasteiger partial charge in [-0.05, 0) is 18.2 Å². The van der Waals surface area contributed by atoms with Gasteiger partial charge in [-0.25, -0.2) is 9.18 Å². The number of aromatic nitrogens is 4. The molecule has 0 spiro atoms. The first kappa shape index (κ1) is 18.6. The molecular weight excluding hydrogens is 377 g/mol. The van der Waals surface area contributed by atoms with Crippen molar-refractivity contribution in [2.24, 2.45) is 0 Å². The Morgan fingerprint density at radius 3 is 2.81 bits per heavy atom. The summed E-state index contributed by atoms with van der Waals surface area (Å²) in [5.74, 6) is -1.60. The minimum Gasteiger partial charge on any atom is -0.477 e. The van der Waals surface area contributed by atoms with Crippen LogP contribution in [0.15, 0.2) is 42.7 Å². The van der Waals surface area contributed by atoms with Crippen molar-refractivity contribution in [3.63, 3.8) is 0 Å². The Morgan fingerprint density at radius 2 is 2.07 bits per heavy atom. The number of nitrogens with one attached hydrogen (secondary N) is 1. The maximum Gasteiger partial charge on any atom is 0.354 e. The van der Waals surface area contributed by atoms with E-state index in [1.165, 1.54) is 33.8 Å². The van der Waals surface area contributed by atoms with Crippen molar-refractivity contribution < 1.29 is 19.1 Å². The van der Waals surface area contributed by atoms with Gasteiger partial charge in [0.25, 0.3) is 0 Å². The Kier molecular flexibility index (Phi) is 5.51. The fourth-order valence-corrected chi connectivity index (χ4v) is 2.69. The van der Waals surface area contributed by atoms with Gasteiger partial charge in [0.2, 0.25) is 5.91 Å². The zero-order valence-electron chi connectivity index (χ0n) is 14.0. The van der Waals surface area contributed by atoms with Gasteiger partial charge in [-0.3, -0.25) is 14.2 Å². The van der Waals surface area contributed by atoms with Crippen molar-refractivity contribution in [1.82, 2.24) is 19.6 Å². The van der Waals surface area contributed by atoms with Gasteiger partial charge < -0.3 is 10.4 Å². The molecule has 27 heavy (non-hydrogen) atoms. The monoisotopic (exact) mass is 391 g/mol. The molecule has 0 fully saturated rings. The van der Waals surface area contributed by atoms with Gasteiger partial charge in [-0.2, -0.15) is 10.2 Å². The number of carbonyl (C=O) groups is 2. The number of hydrogen-bond donors (Lipinski definition) is 2. The molecule has 0 unspecified atom stereocenters. The lowest BCUT2D eigenvalue weighted by atomic mass is 10.2. The number of aryl methyl sites for hydroxylation is 1. The number of rotatable bonds is 7. The Morgan fingerprint density at radius 1 is 1.26 bits per heavy atom. The summed E-state index contributed by atoms with van der Waals surface area (Å²) in [6.45, 7) is 0.239. The highest BCUT2D eigenvalue weighted by Gasteiger charge is 2.13. The largest absolute Gasteiger partial charge is 0.477 e. The van der Waals surface area contributed by atoms with Crippen LogP contribution in [0.2, 0.25) is 5.02 Å². The molecule has 0 atom stereocenters. The summed E-state index contributed by atoms with van der Waals surface area (Å²) in [6, 6.07) is 7.35. The number of carboxylic acid groups (broad SMARTS) is 1. The van der Waals surface area contributed by atoms with Crippen molar-refractivity contribution in [2.75, 3.05) is 5.32 Å². The molecule has 3 aromatic rings. The fourth-order valence-electron chi connectivity index (χ4n) is 2.47. The number of carbonyl (C=O) groups excluding carboxylic acids is 1. The number of amides is 1. The van der Waals surface area contributed by atoms with Crippen LogP contribution in [0, 0.1) is 5.82 Å². The van der Waals surface area contributed by atoms with Gasteiger partial charge in [-0.1, -0.05) is 17.7 Å². The third-order valence-corrected chi connectivity index (χ3v) is 4.13. The first-order valence-corrected chi connectivity index (χ1v) is 8.33. The highest BCUT2D eigenvalue weighted by atomic mass is 35.5. The summed E-state index contributed by atoms with van der Waals surface area (Å²) in [5, 5.41) is 19.9. The first-order chi connectivity index (χ1) is 12.9. The maximum atomic E-state index is 13.8. The second-order valence-corrected chi connectivity index (χ2v) is 6.05. The lowest BCUT2D eigenvalue weighted by molar-refractivity contribution is -0.116. The standard InChI is InChI=1S/C17H15ClFN5O3/c18-12-2-1-3-13(19)11(12)10-23-8-5-15(22-23)21-16(25)6-9-24-14(17(26)27)4-7-20-24/h1-5,7-8H,6,9-10H2,(H,26,27)(H,21,22,25). The van der Waals surface area contributed by atoms with E-state index in [-0.39, 0.29) is 31.1 Å². The predicted molar refractivity (Wildman–Crippen MR) is 95.2 cm³/mol. The minimum absolute atomic E-state index is 0.00819. The van der Waals surface area contributed by atoms with E-state index in [2.05, 4.69) is 15.5 Å². The lowest BCUT2D eigenvalue weighted by Gasteiger charge is -2.06. The molecule has 3 rings (SSSR count). The van der Waals surface area contributed by atoms with Crippen LogP contribution in [-0.4, -0.2) is 36.5 Å². The number of benzene rings is 1. The number of halogens is 2. The van der Waals surface area contributed by atoms with Crippen LogP contribution in [0.25, 0.3) is 0 Å². The van der Waals surface area contributed by atoms with Crippen LogP contribution in [0.1, 0.15) is 22.5 Å². The van der Waals surface area contributed by atoms with Crippen molar-refractivity contribution in [2.45, 2.75) is 19.5 Å². The average Bonchev–Trinajstić information content (AvgIpc) is 3.25. The summed E-state index contributed by atoms with van der Waals surface area (Å²) in [5.41, 5.74) is 0.314. The van der Waals surface area contributed by atoms with Crippen LogP contribution in [0.5, 0.6) is 0 Å². The van der Waals surface area contributed by atoms with Gasteiger partial charge in [0.1, 0.15) is 11.5 Å². The van der Waals surface area contributed by atoms with Crippen LogP contribution in [0.4, 0.5) is 10.2 Å². The van der Waals surface area contributed by atoms with E-state index in [9.17, 15) is 14.0 Å². The van der Waals surface area contributed by atoms with Crippen LogP contribution >= 0.6 is 11.6 Å². The summed E-state index contributed by atoms with van der Waals surface area (Å²) >= 11 is 5.99. The molecule has 0 aliphatic rings. The molecule has 0 radical (unpaired) electrons. The normalized spacial score (nSPS) is 10.7. The summed E-state index contributed by atoms with van der Waals surface area (Å²) in [7, 11) is 0. The number of aromatic carboxylic acids is 1. The fraction of sp³-hybridized carbons (Fsp3) is 0.176. The molecule has 0 aliphatic carbocycles. The average molecular weight is 392 g/mol. The topological polar surface area (TPSA) is 102 Å². The van der Waals surface area contributed by atoms with E-state index in [0.29, 0.717) is 16.4 Å². The Hall–Kier alpha value is -3.20. The summed E-state index contributed by atoms with van der Waals surface area (Å²) in [4.78, 5) is 23.0. The highest BCUT2D eigenvalue weighted by Crippen LogP contribution is 2.20. The van der Waals surface area contributed by atoms with E-state index < -0.39 is 11.8 Å². The molecule has 8 nitrogen and oxygen atoms in total. The lowest BCUT2D eigenvalue weighted by Crippen LogP contribution is -2.18. The highest BCUT2D eigenvalue weighted by molar-refractivity contribution is 6.31. The smallest absolute Gasteiger partial charge is 0.354 e. The molecule has 10 heteroatoms. The Bertz CT molecular complexity index is 964. The Labute approximate surface area is 158 Å². The number of carboxylic acids is 1. The van der Waals surface area contributed by atoms with Crippen molar-refractivity contribution >= 4 is 29.3 Å². The van der Waals surface area contributed by atoms with E-state index in [1.807, 2.05) is 0 Å². The molecule has 0 saturated heterocycles. The quantitative estimate of drug-likeness (QED) is 0.644. The van der Waals surface area contributed by atoms with Gasteiger partial charge in [0.05, 0.1) is 13.1 Å². The number of hydrogen-bond acceptors (Lipinski definition) is 4. The predicted octanol–water partition coefficient (Wildman–Crippen LogP) is 2.65. The summed E-state index contributed by atoms with van der Waals surface area (Å²) < 4.78 is 16.5. The van der Waals surface area contributed by atoms with Gasteiger partial charge in [-0.15, -0.1) is 0 Å². The first-order valence-electron chi connectivity index (χ1n) is 7.95. The number of nitrogens with zero attached hydrogens (tertiary/aromatic N) is 4. The third-order valence-electron chi connectivity index (χ3n) is 3.78. The van der Waals surface area contributed by atoms with E-state index in [4.69, 9.17) is 16.7 Å².